The van der Waals surface area contributed by atoms with E-state index in [1.807, 2.05) is 0 Å². The van der Waals surface area contributed by atoms with Crippen LogP contribution in [-0.2, 0) is 131 Å². The summed E-state index contributed by atoms with van der Waals surface area (Å²) in [6, 6.07) is 0. The van der Waals surface area contributed by atoms with Crippen molar-refractivity contribution in [3.05, 3.63) is 37.1 Å². The van der Waals surface area contributed by atoms with Crippen molar-refractivity contribution < 1.29 is 131 Å². The van der Waals surface area contributed by atoms with Crippen molar-refractivity contribution in [3.8, 4) is 0 Å². The zero-order valence-corrected chi connectivity index (χ0v) is 18.7. The van der Waals surface area contributed by atoms with E-state index in [0.29, 0.717) is 0 Å². The van der Waals surface area contributed by atoms with Crippen LogP contribution in [0.4, 0.5) is 0 Å². The molecule has 0 bridgehead atoms. The van der Waals surface area contributed by atoms with Gasteiger partial charge in [-0.3, -0.25) is 0 Å². The zero-order chi connectivity index (χ0) is 0. The molecule has 0 aliphatic rings. The van der Waals surface area contributed by atoms with Crippen LogP contribution in [0.2, 0.25) is 0 Å². The van der Waals surface area contributed by atoms with Gasteiger partial charge in [-0.1, -0.05) is 0 Å². The molecule has 4 heteroatoms. The summed E-state index contributed by atoms with van der Waals surface area (Å²) in [5.41, 5.74) is 0. The predicted octanol–water partition coefficient (Wildman–Crippen LogP) is 2.24. The van der Waals surface area contributed by atoms with E-state index in [1.165, 1.54) is 0 Å². The van der Waals surface area contributed by atoms with Gasteiger partial charge in [-0.05, 0) is 0 Å². The Morgan fingerprint density at radius 2 is 0.222 bits per heavy atom. The van der Waals surface area contributed by atoms with Gasteiger partial charge in [0.15, 0.2) is 0 Å². The van der Waals surface area contributed by atoms with Crippen molar-refractivity contribution in [1.29, 1.82) is 0 Å². The second-order valence-electron chi connectivity index (χ2n) is 0. The summed E-state index contributed by atoms with van der Waals surface area (Å²) in [6.07, 6.45) is 0. The molecular formula is C5H15Y4-5. The van der Waals surface area contributed by atoms with Crippen molar-refractivity contribution in [2.45, 2.75) is 0 Å². The van der Waals surface area contributed by atoms with E-state index in [0.717, 1.165) is 0 Å². The quantitative estimate of drug-likeness (QED) is 0.517. The van der Waals surface area contributed by atoms with E-state index < -0.39 is 0 Å². The molecule has 0 aromatic heterocycles. The van der Waals surface area contributed by atoms with E-state index in [1.54, 1.807) is 0 Å². The minimum absolute atomic E-state index is 0. The smallest absolute Gasteiger partial charge is 0 e. The summed E-state index contributed by atoms with van der Waals surface area (Å²) in [5, 5.41) is 0. The third-order valence-corrected chi connectivity index (χ3v) is 0. The minimum Gasteiger partial charge on any atom is -0.358 e. The molecule has 0 heterocycles. The maximum Gasteiger partial charge on any atom is 0 e. The maximum absolute atomic E-state index is 0. The van der Waals surface area contributed by atoms with Gasteiger partial charge < -0.3 is 37.1 Å². The summed E-state index contributed by atoms with van der Waals surface area (Å²) in [4.78, 5) is 0. The van der Waals surface area contributed by atoms with Crippen LogP contribution in [0, 0.1) is 37.1 Å². The molecular weight excluding hydrogens is 416 g/mol. The molecule has 0 saturated carbocycles. The molecule has 0 aliphatic carbocycles. The first kappa shape index (κ1) is 106. The average molecular weight is 431 g/mol. The van der Waals surface area contributed by atoms with Crippen LogP contribution in [0.25, 0.3) is 0 Å². The molecule has 9 heavy (non-hydrogen) atoms. The van der Waals surface area contributed by atoms with Crippen molar-refractivity contribution >= 4 is 0 Å². The summed E-state index contributed by atoms with van der Waals surface area (Å²) < 4.78 is 0. The fraction of sp³-hybridized carbons (Fsp3) is 0. The van der Waals surface area contributed by atoms with Gasteiger partial charge in [0.2, 0.25) is 0 Å². The standard InChI is InChI=1S/5CH3.4Y/h5*1H3;;;;/q5*-1;;;;. The summed E-state index contributed by atoms with van der Waals surface area (Å²) in [6.45, 7) is 0. The Hall–Kier alpha value is 4.42. The van der Waals surface area contributed by atoms with Gasteiger partial charge in [-0.2, -0.15) is 0 Å². The van der Waals surface area contributed by atoms with Gasteiger partial charge in [0, 0.05) is 131 Å². The summed E-state index contributed by atoms with van der Waals surface area (Å²) in [5.74, 6) is 0. The normalized spacial score (nSPS) is 0. The molecule has 0 nitrogen and oxygen atoms in total. The molecule has 0 rings (SSSR count). The molecule has 0 fully saturated rings. The van der Waals surface area contributed by atoms with E-state index in [-0.39, 0.29) is 168 Å². The van der Waals surface area contributed by atoms with Crippen molar-refractivity contribution in [3.63, 3.8) is 0 Å². The van der Waals surface area contributed by atoms with E-state index >= 15 is 0 Å². The van der Waals surface area contributed by atoms with Crippen LogP contribution in [0.3, 0.4) is 0 Å². The Bertz CT molecular complexity index is 8.92. The molecule has 4 radical (unpaired) electrons. The molecule has 0 atom stereocenters. The molecule has 0 spiro atoms. The van der Waals surface area contributed by atoms with Crippen molar-refractivity contribution in [2.24, 2.45) is 0 Å². The number of hydrogen-bond acceptors (Lipinski definition) is 0. The van der Waals surface area contributed by atoms with E-state index in [2.05, 4.69) is 0 Å². The Morgan fingerprint density at radius 1 is 0.222 bits per heavy atom. The third-order valence-electron chi connectivity index (χ3n) is 0. The molecule has 0 aromatic carbocycles. The van der Waals surface area contributed by atoms with Crippen molar-refractivity contribution in [2.75, 3.05) is 0 Å². The van der Waals surface area contributed by atoms with Crippen LogP contribution in [0.5, 0.6) is 0 Å². The Labute approximate surface area is 164 Å². The van der Waals surface area contributed by atoms with Crippen LogP contribution >= 0.6 is 0 Å². The second-order valence-corrected chi connectivity index (χ2v) is 0. The zero-order valence-electron chi connectivity index (χ0n) is 7.31. The van der Waals surface area contributed by atoms with Crippen LogP contribution in [-0.4, -0.2) is 0 Å². The SMILES string of the molecule is [CH3-].[CH3-].[CH3-].[CH3-].[CH3-].[Y].[Y].[Y].[Y]. The molecule has 0 saturated heterocycles. The minimum atomic E-state index is 0. The van der Waals surface area contributed by atoms with Gasteiger partial charge >= 0.3 is 0 Å². The fourth-order valence-corrected chi connectivity index (χ4v) is 0. The average Bonchev–Trinajstić information content (AvgIpc) is 0. The first-order valence-corrected chi connectivity index (χ1v) is 0. The summed E-state index contributed by atoms with van der Waals surface area (Å²) in [7, 11) is 0. The predicted molar refractivity (Wildman–Crippen MR) is 32.1 cm³/mol. The Morgan fingerprint density at radius 3 is 0.222 bits per heavy atom. The second kappa shape index (κ2) is 83.0. The van der Waals surface area contributed by atoms with E-state index in [4.69, 9.17) is 0 Å². The molecule has 0 unspecified atom stereocenters. The van der Waals surface area contributed by atoms with Crippen LogP contribution in [0.1, 0.15) is 0 Å². The first-order valence-electron chi connectivity index (χ1n) is 0. The van der Waals surface area contributed by atoms with Gasteiger partial charge in [0.1, 0.15) is 0 Å². The van der Waals surface area contributed by atoms with Gasteiger partial charge in [0.25, 0.3) is 0 Å². The number of hydrogen-bond donors (Lipinski definition) is 0. The Balaban J connectivity index is 0. The van der Waals surface area contributed by atoms with Crippen molar-refractivity contribution in [1.82, 2.24) is 0 Å². The largest absolute Gasteiger partial charge is 0.358 e. The molecule has 0 amide bonds. The maximum atomic E-state index is 0. The van der Waals surface area contributed by atoms with Gasteiger partial charge in [-0.15, -0.1) is 0 Å². The number of rotatable bonds is 0. The monoisotopic (exact) mass is 431 g/mol. The first-order chi connectivity index (χ1) is 0. The van der Waals surface area contributed by atoms with Gasteiger partial charge in [0.05, 0.1) is 0 Å². The fourth-order valence-electron chi connectivity index (χ4n) is 0. The topological polar surface area (TPSA) is 0 Å². The van der Waals surface area contributed by atoms with Crippen LogP contribution in [0.15, 0.2) is 0 Å². The summed E-state index contributed by atoms with van der Waals surface area (Å²) >= 11 is 0. The molecule has 52 valence electrons. The third kappa shape index (κ3) is 69.1. The molecule has 0 N–H and O–H groups in total. The van der Waals surface area contributed by atoms with E-state index in [9.17, 15) is 0 Å². The van der Waals surface area contributed by atoms with Gasteiger partial charge in [-0.25, -0.2) is 0 Å². The Kier molecular flexibility index (Phi) is 978. The molecule has 0 aliphatic heterocycles. The molecule has 0 aromatic rings. The van der Waals surface area contributed by atoms with Crippen LogP contribution < -0.4 is 0 Å².